The lowest BCUT2D eigenvalue weighted by Crippen LogP contribution is -2.65. The quantitative estimate of drug-likeness (QED) is 0.781. The Hall–Kier alpha value is -2.02. The number of hydrogen-bond acceptors (Lipinski definition) is 6. The summed E-state index contributed by atoms with van der Waals surface area (Å²) in [5.41, 5.74) is 0. The lowest BCUT2D eigenvalue weighted by atomic mass is 10.2. The molecule has 1 aliphatic rings. The van der Waals surface area contributed by atoms with E-state index in [1.807, 2.05) is 6.07 Å². The van der Waals surface area contributed by atoms with Gasteiger partial charge in [-0.15, -0.1) is 0 Å². The Kier molecular flexibility index (Phi) is 4.29. The van der Waals surface area contributed by atoms with Crippen LogP contribution in [0.3, 0.4) is 0 Å². The molecule has 106 valence electrons. The van der Waals surface area contributed by atoms with E-state index in [1.165, 1.54) is 13.8 Å². The molecule has 7 heteroatoms. The van der Waals surface area contributed by atoms with Gasteiger partial charge in [0.2, 0.25) is 6.10 Å². The molecule has 1 saturated heterocycles. The van der Waals surface area contributed by atoms with E-state index in [9.17, 15) is 14.4 Å². The van der Waals surface area contributed by atoms with Crippen molar-refractivity contribution in [1.29, 1.82) is 0 Å². The molecule has 6 nitrogen and oxygen atoms in total. The van der Waals surface area contributed by atoms with E-state index < -0.39 is 23.4 Å². The number of β-lactam (4-membered cyclic amide) rings is 1. The van der Waals surface area contributed by atoms with Crippen LogP contribution in [0.25, 0.3) is 0 Å². The standard InChI is InChI=1S/C13H13NO5S/c1-8(15)19-14-12(17)11(13(14)20-9(2)16)18-10-6-4-3-5-7-10/h3-7,11,13H,1-2H3/t11-,13+/m0/s1. The highest BCUT2D eigenvalue weighted by Gasteiger charge is 2.53. The van der Waals surface area contributed by atoms with Gasteiger partial charge in [0, 0.05) is 13.8 Å². The summed E-state index contributed by atoms with van der Waals surface area (Å²) in [7, 11) is 0. The van der Waals surface area contributed by atoms with E-state index in [4.69, 9.17) is 9.57 Å². The summed E-state index contributed by atoms with van der Waals surface area (Å²) in [5.74, 6) is -0.587. The van der Waals surface area contributed by atoms with E-state index in [0.717, 1.165) is 16.8 Å². The highest BCUT2D eigenvalue weighted by Crippen LogP contribution is 2.33. The van der Waals surface area contributed by atoms with E-state index in [1.54, 1.807) is 24.3 Å². The fourth-order valence-electron chi connectivity index (χ4n) is 1.68. The van der Waals surface area contributed by atoms with Gasteiger partial charge >= 0.3 is 11.9 Å². The highest BCUT2D eigenvalue weighted by atomic mass is 32.2. The van der Waals surface area contributed by atoms with Crippen molar-refractivity contribution >= 4 is 28.8 Å². The first kappa shape index (κ1) is 14.4. The maximum atomic E-state index is 11.9. The molecule has 0 aromatic heterocycles. The van der Waals surface area contributed by atoms with Crippen LogP contribution in [0.4, 0.5) is 0 Å². The predicted octanol–water partition coefficient (Wildman–Crippen LogP) is 1.36. The van der Waals surface area contributed by atoms with Crippen LogP contribution >= 0.6 is 11.8 Å². The summed E-state index contributed by atoms with van der Waals surface area (Å²) in [6.45, 7) is 2.56. The summed E-state index contributed by atoms with van der Waals surface area (Å²) in [4.78, 5) is 38.8. The van der Waals surface area contributed by atoms with Crippen LogP contribution in [0.2, 0.25) is 0 Å². The van der Waals surface area contributed by atoms with Crippen LogP contribution in [0, 0.1) is 0 Å². The Morgan fingerprint density at radius 3 is 2.40 bits per heavy atom. The Labute approximate surface area is 120 Å². The van der Waals surface area contributed by atoms with Gasteiger partial charge in [0.05, 0.1) is 0 Å². The first-order valence-electron chi connectivity index (χ1n) is 5.89. The van der Waals surface area contributed by atoms with Gasteiger partial charge < -0.3 is 9.57 Å². The minimum Gasteiger partial charge on any atom is -0.477 e. The van der Waals surface area contributed by atoms with Gasteiger partial charge in [0.25, 0.3) is 0 Å². The first-order valence-corrected chi connectivity index (χ1v) is 6.77. The molecule has 0 saturated carbocycles. The Morgan fingerprint density at radius 1 is 1.20 bits per heavy atom. The van der Waals surface area contributed by atoms with Crippen molar-refractivity contribution in [3.05, 3.63) is 30.3 Å². The maximum absolute atomic E-state index is 11.9. The number of benzene rings is 1. The summed E-state index contributed by atoms with van der Waals surface area (Å²) in [6.07, 6.45) is -0.842. The molecule has 0 radical (unpaired) electrons. The molecule has 1 aromatic rings. The summed E-state index contributed by atoms with van der Waals surface area (Å²) in [5, 5.41) is 0.0209. The third kappa shape index (κ3) is 3.11. The second-order valence-electron chi connectivity index (χ2n) is 4.10. The first-order chi connectivity index (χ1) is 9.49. The van der Waals surface area contributed by atoms with Crippen molar-refractivity contribution < 1.29 is 24.0 Å². The highest BCUT2D eigenvalue weighted by molar-refractivity contribution is 8.14. The molecule has 2 atom stereocenters. The minimum absolute atomic E-state index is 0.193. The minimum atomic E-state index is -0.842. The zero-order valence-electron chi connectivity index (χ0n) is 10.9. The van der Waals surface area contributed by atoms with Gasteiger partial charge in [-0.25, -0.2) is 0 Å². The summed E-state index contributed by atoms with van der Waals surface area (Å²) in [6, 6.07) is 8.78. The third-order valence-electron chi connectivity index (χ3n) is 2.47. The molecular formula is C13H13NO5S. The zero-order chi connectivity index (χ0) is 14.7. The topological polar surface area (TPSA) is 72.9 Å². The van der Waals surface area contributed by atoms with Crippen molar-refractivity contribution in [3.63, 3.8) is 0 Å². The summed E-state index contributed by atoms with van der Waals surface area (Å²) >= 11 is 0.886. The molecule has 20 heavy (non-hydrogen) atoms. The fraction of sp³-hybridized carbons (Fsp3) is 0.308. The number of rotatable bonds is 4. The number of thioether (sulfide) groups is 1. The van der Waals surface area contributed by atoms with Crippen molar-refractivity contribution in [2.24, 2.45) is 0 Å². The van der Waals surface area contributed by atoms with Gasteiger partial charge in [0.1, 0.15) is 5.75 Å². The summed E-state index contributed by atoms with van der Waals surface area (Å²) < 4.78 is 5.53. The Balaban J connectivity index is 2.09. The molecule has 2 rings (SSSR count). The molecule has 0 aliphatic carbocycles. The number of carbonyl (C=O) groups excluding carboxylic acids is 3. The maximum Gasteiger partial charge on any atom is 0.329 e. The van der Waals surface area contributed by atoms with E-state index in [2.05, 4.69) is 0 Å². The largest absolute Gasteiger partial charge is 0.477 e. The van der Waals surface area contributed by atoms with Crippen LogP contribution in [0.5, 0.6) is 5.75 Å². The molecule has 1 amide bonds. The van der Waals surface area contributed by atoms with Gasteiger partial charge in [-0.1, -0.05) is 30.0 Å². The van der Waals surface area contributed by atoms with Crippen LogP contribution in [0.1, 0.15) is 13.8 Å². The van der Waals surface area contributed by atoms with Crippen LogP contribution in [0.15, 0.2) is 30.3 Å². The van der Waals surface area contributed by atoms with Gasteiger partial charge in [-0.3, -0.25) is 14.4 Å². The molecule has 0 N–H and O–H groups in total. The predicted molar refractivity (Wildman–Crippen MR) is 71.5 cm³/mol. The molecular weight excluding hydrogens is 282 g/mol. The number of ether oxygens (including phenoxy) is 1. The smallest absolute Gasteiger partial charge is 0.329 e. The molecule has 1 heterocycles. The zero-order valence-corrected chi connectivity index (χ0v) is 11.8. The molecule has 1 aromatic carbocycles. The van der Waals surface area contributed by atoms with Crippen LogP contribution in [-0.2, 0) is 19.2 Å². The van der Waals surface area contributed by atoms with Crippen molar-refractivity contribution in [3.8, 4) is 5.75 Å². The monoisotopic (exact) mass is 295 g/mol. The van der Waals surface area contributed by atoms with Crippen molar-refractivity contribution in [2.75, 3.05) is 0 Å². The molecule has 0 spiro atoms. The van der Waals surface area contributed by atoms with E-state index >= 15 is 0 Å². The average Bonchev–Trinajstić information content (AvgIpc) is 2.41. The number of carbonyl (C=O) groups is 3. The fourth-order valence-corrected chi connectivity index (χ4v) is 2.56. The molecule has 1 fully saturated rings. The molecule has 0 unspecified atom stereocenters. The Bertz CT molecular complexity index is 533. The molecule has 0 bridgehead atoms. The van der Waals surface area contributed by atoms with Crippen LogP contribution in [-0.4, -0.2) is 33.5 Å². The average molecular weight is 295 g/mol. The lowest BCUT2D eigenvalue weighted by Gasteiger charge is -2.42. The van der Waals surface area contributed by atoms with E-state index in [-0.39, 0.29) is 5.12 Å². The normalized spacial score (nSPS) is 21.1. The SMILES string of the molecule is CC(=O)ON1C(=O)[C@H](Oc2ccccc2)[C@H]1SC(C)=O. The number of amides is 1. The van der Waals surface area contributed by atoms with Crippen LogP contribution < -0.4 is 4.74 Å². The number of para-hydroxylation sites is 1. The number of nitrogens with zero attached hydrogens (tertiary/aromatic N) is 1. The lowest BCUT2D eigenvalue weighted by molar-refractivity contribution is -0.230. The van der Waals surface area contributed by atoms with Gasteiger partial charge in [-0.05, 0) is 12.1 Å². The van der Waals surface area contributed by atoms with Gasteiger partial charge in [-0.2, -0.15) is 5.06 Å². The second-order valence-corrected chi connectivity index (χ2v) is 5.39. The second kappa shape index (κ2) is 5.96. The Morgan fingerprint density at radius 2 is 1.85 bits per heavy atom. The van der Waals surface area contributed by atoms with Crippen molar-refractivity contribution in [1.82, 2.24) is 5.06 Å². The van der Waals surface area contributed by atoms with E-state index in [0.29, 0.717) is 5.75 Å². The van der Waals surface area contributed by atoms with Crippen molar-refractivity contribution in [2.45, 2.75) is 25.3 Å². The third-order valence-corrected chi connectivity index (χ3v) is 3.48. The number of hydroxylamine groups is 2. The number of hydrogen-bond donors (Lipinski definition) is 0. The molecule has 1 aliphatic heterocycles. The van der Waals surface area contributed by atoms with Gasteiger partial charge in [0.15, 0.2) is 10.5 Å².